The molecule has 4 rings (SSSR count). The Bertz CT molecular complexity index is 638. The largest absolute Gasteiger partial charge is 0.0801 e. The first-order chi connectivity index (χ1) is 9.88. The maximum Gasteiger partial charge on any atom is 0.00595 e. The molecule has 2 aliphatic rings. The van der Waals surface area contributed by atoms with Crippen LogP contribution in [0.5, 0.6) is 0 Å². The highest BCUT2D eigenvalue weighted by Crippen LogP contribution is 2.71. The van der Waals surface area contributed by atoms with Gasteiger partial charge in [0.25, 0.3) is 0 Å². The van der Waals surface area contributed by atoms with E-state index in [9.17, 15) is 0 Å². The van der Waals surface area contributed by atoms with Crippen LogP contribution in [-0.4, -0.2) is 0 Å². The minimum Gasteiger partial charge on any atom is -0.0801 e. The number of fused-ring (bicyclic) bond motifs is 1. The lowest BCUT2D eigenvalue weighted by molar-refractivity contribution is 0.574. The molecule has 1 fully saturated rings. The molecule has 2 aromatic rings. The van der Waals surface area contributed by atoms with Crippen LogP contribution in [0.4, 0.5) is 0 Å². The van der Waals surface area contributed by atoms with E-state index in [1.807, 2.05) is 0 Å². The van der Waals surface area contributed by atoms with Crippen molar-refractivity contribution in [3.63, 3.8) is 0 Å². The molecule has 0 unspecified atom stereocenters. The highest BCUT2D eigenvalue weighted by molar-refractivity contribution is 5.76. The van der Waals surface area contributed by atoms with E-state index in [4.69, 9.17) is 0 Å². The van der Waals surface area contributed by atoms with Crippen molar-refractivity contribution < 1.29 is 0 Å². The molecule has 0 heteroatoms. The molecule has 2 aromatic carbocycles. The van der Waals surface area contributed by atoms with Crippen molar-refractivity contribution in [2.45, 2.75) is 25.2 Å². The van der Waals surface area contributed by atoms with Gasteiger partial charge in [0.2, 0.25) is 0 Å². The molecule has 0 amide bonds. The molecule has 20 heavy (non-hydrogen) atoms. The van der Waals surface area contributed by atoms with Crippen LogP contribution >= 0.6 is 0 Å². The van der Waals surface area contributed by atoms with Crippen LogP contribution in [0.3, 0.4) is 0 Å². The Balaban J connectivity index is 1.73. The Morgan fingerprint density at radius 2 is 1.60 bits per heavy atom. The first kappa shape index (κ1) is 12.0. The average Bonchev–Trinajstić information content (AvgIpc) is 2.96. The van der Waals surface area contributed by atoms with Gasteiger partial charge in [0, 0.05) is 5.41 Å². The van der Waals surface area contributed by atoms with E-state index in [1.54, 1.807) is 11.1 Å². The second-order valence-electron chi connectivity index (χ2n) is 6.11. The molecule has 0 bridgehead atoms. The normalized spacial score (nSPS) is 30.8. The first-order valence-electron chi connectivity index (χ1n) is 7.69. The fraction of sp³-hybridized carbons (Fsp3) is 0.300. The molecule has 0 radical (unpaired) electrons. The van der Waals surface area contributed by atoms with Crippen LogP contribution in [0.2, 0.25) is 0 Å². The van der Waals surface area contributed by atoms with Crippen molar-refractivity contribution in [2.75, 3.05) is 0 Å². The van der Waals surface area contributed by atoms with Crippen LogP contribution < -0.4 is 0 Å². The minimum atomic E-state index is 0.404. The molecule has 0 N–H and O–H groups in total. The summed E-state index contributed by atoms with van der Waals surface area (Å²) in [6.45, 7) is 2.36. The number of hydrogen-bond acceptors (Lipinski definition) is 0. The monoisotopic (exact) mass is 260 g/mol. The third-order valence-electron chi connectivity index (χ3n) is 5.44. The number of benzene rings is 2. The molecule has 0 saturated heterocycles. The van der Waals surface area contributed by atoms with Crippen LogP contribution in [-0.2, 0) is 5.41 Å². The molecule has 1 saturated carbocycles. The SMILES string of the molecule is CC[C@]1(c2ccccc2)[C@@H]2CC=C(c3ccccc3)[C@@H]21. The topological polar surface area (TPSA) is 0 Å². The summed E-state index contributed by atoms with van der Waals surface area (Å²) in [4.78, 5) is 0. The highest BCUT2D eigenvalue weighted by Gasteiger charge is 2.66. The maximum absolute atomic E-state index is 2.47. The van der Waals surface area contributed by atoms with Crippen LogP contribution in [0, 0.1) is 11.8 Å². The number of rotatable bonds is 3. The fourth-order valence-electron chi connectivity index (χ4n) is 4.50. The summed E-state index contributed by atoms with van der Waals surface area (Å²) in [5.41, 5.74) is 4.95. The molecule has 3 atom stereocenters. The van der Waals surface area contributed by atoms with E-state index in [0.717, 1.165) is 11.8 Å². The standard InChI is InChI=1S/C20H20/c1-2-20(16-11-7-4-8-12-16)18-14-13-17(19(18)20)15-9-5-3-6-10-15/h3-13,18-19H,2,14H2,1H3/t18-,19+,20+/m1/s1. The lowest BCUT2D eigenvalue weighted by atomic mass is 9.84. The Morgan fingerprint density at radius 1 is 0.950 bits per heavy atom. The van der Waals surface area contributed by atoms with Crippen molar-refractivity contribution in [1.82, 2.24) is 0 Å². The van der Waals surface area contributed by atoms with Gasteiger partial charge >= 0.3 is 0 Å². The Labute approximate surface area is 121 Å². The predicted octanol–water partition coefficient (Wildman–Crippen LogP) is 5.07. The van der Waals surface area contributed by atoms with Gasteiger partial charge in [0.15, 0.2) is 0 Å². The molecule has 0 aliphatic heterocycles. The summed E-state index contributed by atoms with van der Waals surface area (Å²) in [6, 6.07) is 22.1. The van der Waals surface area contributed by atoms with E-state index >= 15 is 0 Å². The number of allylic oxidation sites excluding steroid dienone is 2. The van der Waals surface area contributed by atoms with E-state index in [1.165, 1.54) is 18.4 Å². The second-order valence-corrected chi connectivity index (χ2v) is 6.11. The molecule has 0 aromatic heterocycles. The average molecular weight is 260 g/mol. The van der Waals surface area contributed by atoms with E-state index in [-0.39, 0.29) is 0 Å². The van der Waals surface area contributed by atoms with Gasteiger partial charge in [-0.3, -0.25) is 0 Å². The minimum absolute atomic E-state index is 0.404. The van der Waals surface area contributed by atoms with E-state index in [2.05, 4.69) is 73.7 Å². The van der Waals surface area contributed by atoms with Gasteiger partial charge in [-0.05, 0) is 41.4 Å². The van der Waals surface area contributed by atoms with Crippen molar-refractivity contribution in [3.8, 4) is 0 Å². The smallest absolute Gasteiger partial charge is 0.00595 e. The quantitative estimate of drug-likeness (QED) is 0.723. The van der Waals surface area contributed by atoms with Gasteiger partial charge in [0.05, 0.1) is 0 Å². The zero-order chi connectivity index (χ0) is 13.6. The molecule has 2 aliphatic carbocycles. The summed E-state index contributed by atoms with van der Waals surface area (Å²) in [6.07, 6.45) is 4.97. The zero-order valence-corrected chi connectivity index (χ0v) is 11.9. The van der Waals surface area contributed by atoms with Crippen molar-refractivity contribution in [3.05, 3.63) is 77.9 Å². The summed E-state index contributed by atoms with van der Waals surface area (Å²) in [5, 5.41) is 0. The van der Waals surface area contributed by atoms with Gasteiger partial charge in [0.1, 0.15) is 0 Å². The predicted molar refractivity (Wildman–Crippen MR) is 84.4 cm³/mol. The van der Waals surface area contributed by atoms with Crippen LogP contribution in [0.1, 0.15) is 30.9 Å². The van der Waals surface area contributed by atoms with Gasteiger partial charge in [-0.25, -0.2) is 0 Å². The van der Waals surface area contributed by atoms with Gasteiger partial charge in [-0.1, -0.05) is 73.7 Å². The third kappa shape index (κ3) is 1.48. The molecular formula is C20H20. The van der Waals surface area contributed by atoms with E-state index < -0.39 is 0 Å². The summed E-state index contributed by atoms with van der Waals surface area (Å²) in [5.74, 6) is 1.56. The molecule has 0 spiro atoms. The summed E-state index contributed by atoms with van der Waals surface area (Å²) in [7, 11) is 0. The molecule has 100 valence electrons. The first-order valence-corrected chi connectivity index (χ1v) is 7.69. The number of hydrogen-bond donors (Lipinski definition) is 0. The summed E-state index contributed by atoms with van der Waals surface area (Å²) >= 11 is 0. The Hall–Kier alpha value is -1.82. The van der Waals surface area contributed by atoms with E-state index in [0.29, 0.717) is 5.41 Å². The lowest BCUT2D eigenvalue weighted by Crippen LogP contribution is -2.12. The molecule has 0 nitrogen and oxygen atoms in total. The highest BCUT2D eigenvalue weighted by atomic mass is 14.7. The molecular weight excluding hydrogens is 240 g/mol. The molecule has 0 heterocycles. The van der Waals surface area contributed by atoms with Crippen molar-refractivity contribution in [2.24, 2.45) is 11.8 Å². The van der Waals surface area contributed by atoms with Crippen molar-refractivity contribution >= 4 is 5.57 Å². The Kier molecular flexibility index (Phi) is 2.60. The second kappa shape index (κ2) is 4.34. The van der Waals surface area contributed by atoms with Gasteiger partial charge in [-0.2, -0.15) is 0 Å². The third-order valence-corrected chi connectivity index (χ3v) is 5.44. The van der Waals surface area contributed by atoms with Gasteiger partial charge < -0.3 is 0 Å². The lowest BCUT2D eigenvalue weighted by Gasteiger charge is -2.20. The maximum atomic E-state index is 2.47. The van der Waals surface area contributed by atoms with Crippen LogP contribution in [0.25, 0.3) is 5.57 Å². The van der Waals surface area contributed by atoms with Crippen molar-refractivity contribution in [1.29, 1.82) is 0 Å². The summed E-state index contributed by atoms with van der Waals surface area (Å²) < 4.78 is 0. The van der Waals surface area contributed by atoms with Crippen LogP contribution in [0.15, 0.2) is 66.7 Å². The zero-order valence-electron chi connectivity index (χ0n) is 11.9. The Morgan fingerprint density at radius 3 is 2.25 bits per heavy atom. The van der Waals surface area contributed by atoms with Gasteiger partial charge in [-0.15, -0.1) is 0 Å². The fourth-order valence-corrected chi connectivity index (χ4v) is 4.50.